The molecule has 0 saturated carbocycles. The van der Waals surface area contributed by atoms with Crippen molar-refractivity contribution in [3.05, 3.63) is 180 Å². The monoisotopic (exact) mass is 816 g/mol. The Hall–Kier alpha value is -7.69. The quantitative estimate of drug-likeness (QED) is 0.163. The molecule has 64 heavy (non-hydrogen) atoms. The summed E-state index contributed by atoms with van der Waals surface area (Å²) in [5.41, 5.74) is 24.5. The van der Waals surface area contributed by atoms with Crippen LogP contribution in [0.25, 0.3) is 77.2 Å². The van der Waals surface area contributed by atoms with Crippen molar-refractivity contribution in [3.8, 4) is 56.6 Å². The van der Waals surface area contributed by atoms with Gasteiger partial charge in [-0.2, -0.15) is 0 Å². The molecule has 0 aliphatic carbocycles. The van der Waals surface area contributed by atoms with Gasteiger partial charge >= 0.3 is 0 Å². The summed E-state index contributed by atoms with van der Waals surface area (Å²) in [5, 5.41) is 5.15. The molecular formula is C58H38B2N2O2. The van der Waals surface area contributed by atoms with Crippen LogP contribution >= 0.6 is 0 Å². The summed E-state index contributed by atoms with van der Waals surface area (Å²) in [6.45, 7) is 8.83. The van der Waals surface area contributed by atoms with Crippen LogP contribution in [0.4, 0.5) is 0 Å². The molecule has 4 nitrogen and oxygen atoms in total. The molecule has 0 fully saturated rings. The van der Waals surface area contributed by atoms with Crippen LogP contribution in [0.2, 0.25) is 0 Å². The van der Waals surface area contributed by atoms with E-state index in [0.717, 1.165) is 45.3 Å². The van der Waals surface area contributed by atoms with Crippen molar-refractivity contribution >= 4 is 89.8 Å². The summed E-state index contributed by atoms with van der Waals surface area (Å²) < 4.78 is 19.6. The standard InChI is InChI=1S/C58H38B2N2O2/c1-31-15-19-46-40(21-31)39-18-17-34(4)54-58(39)62(46)49-26-38(36-13-9-6-10-14-36)28-53-56(49)60(54)44-29-43-50(30-51(44)64-53)63-52-27-37(35-11-7-5-8-12-35)25-48-55(52)59(43)45-24-33(3)23-42-41-22-32(2)16-20-47(41)61(48)57(42)45/h5-30H,1-4H3. The van der Waals surface area contributed by atoms with Gasteiger partial charge in [0.1, 0.15) is 23.0 Å². The third-order valence-electron chi connectivity index (χ3n) is 14.8. The lowest BCUT2D eigenvalue weighted by molar-refractivity contribution is 0.465. The zero-order valence-corrected chi connectivity index (χ0v) is 35.9. The summed E-state index contributed by atoms with van der Waals surface area (Å²) >= 11 is 0. The van der Waals surface area contributed by atoms with E-state index in [-0.39, 0.29) is 13.4 Å². The lowest BCUT2D eigenvalue weighted by atomic mass is 9.31. The van der Waals surface area contributed by atoms with E-state index >= 15 is 0 Å². The number of hydrogen-bond donors (Lipinski definition) is 0. The van der Waals surface area contributed by atoms with Gasteiger partial charge in [-0.3, -0.25) is 0 Å². The topological polar surface area (TPSA) is 28.3 Å². The summed E-state index contributed by atoms with van der Waals surface area (Å²) in [5.74, 6) is 3.49. The van der Waals surface area contributed by atoms with E-state index in [9.17, 15) is 0 Å². The second-order valence-electron chi connectivity index (χ2n) is 18.7. The van der Waals surface area contributed by atoms with E-state index in [1.54, 1.807) is 0 Å². The third-order valence-corrected chi connectivity index (χ3v) is 14.8. The predicted molar refractivity (Wildman–Crippen MR) is 267 cm³/mol. The molecule has 0 spiro atoms. The van der Waals surface area contributed by atoms with Crippen molar-refractivity contribution in [2.75, 3.05) is 0 Å². The van der Waals surface area contributed by atoms with Crippen LogP contribution in [0.5, 0.6) is 23.0 Å². The highest BCUT2D eigenvalue weighted by Gasteiger charge is 2.46. The highest BCUT2D eigenvalue weighted by atomic mass is 16.5. The van der Waals surface area contributed by atoms with Crippen molar-refractivity contribution in [2.24, 2.45) is 0 Å². The van der Waals surface area contributed by atoms with Crippen LogP contribution in [0.1, 0.15) is 22.3 Å². The minimum Gasteiger partial charge on any atom is -0.458 e. The summed E-state index contributed by atoms with van der Waals surface area (Å²) in [6, 6.07) is 58.8. The lowest BCUT2D eigenvalue weighted by Gasteiger charge is -2.37. The number of rotatable bonds is 2. The van der Waals surface area contributed by atoms with Crippen molar-refractivity contribution < 1.29 is 9.47 Å². The van der Waals surface area contributed by atoms with E-state index in [0.29, 0.717) is 0 Å². The van der Waals surface area contributed by atoms with Gasteiger partial charge in [-0.05, 0) is 137 Å². The molecule has 2 aromatic heterocycles. The number of nitrogens with zero attached hydrogens (tertiary/aromatic N) is 2. The molecule has 4 aliphatic heterocycles. The van der Waals surface area contributed by atoms with Crippen LogP contribution in [0, 0.1) is 27.7 Å². The highest BCUT2D eigenvalue weighted by molar-refractivity contribution is 7.02. The first-order valence-corrected chi connectivity index (χ1v) is 22.5. The molecule has 0 bridgehead atoms. The Balaban J connectivity index is 1.05. The van der Waals surface area contributed by atoms with Crippen molar-refractivity contribution in [1.82, 2.24) is 9.13 Å². The summed E-state index contributed by atoms with van der Waals surface area (Å²) in [7, 11) is 0. The van der Waals surface area contributed by atoms with Gasteiger partial charge in [0.2, 0.25) is 0 Å². The molecule has 15 rings (SSSR count). The number of benzene rings is 9. The molecule has 0 radical (unpaired) electrons. The van der Waals surface area contributed by atoms with E-state index in [1.807, 2.05) is 0 Å². The second kappa shape index (κ2) is 12.1. The lowest BCUT2D eigenvalue weighted by Crippen LogP contribution is -2.62. The Labute approximate surface area is 371 Å². The van der Waals surface area contributed by atoms with Gasteiger partial charge < -0.3 is 18.6 Å². The maximum Gasteiger partial charge on any atom is 0.256 e. The molecule has 0 N–H and O–H groups in total. The molecule has 298 valence electrons. The maximum absolute atomic E-state index is 7.29. The Kier molecular flexibility index (Phi) is 6.57. The van der Waals surface area contributed by atoms with Gasteiger partial charge in [0.05, 0.1) is 11.0 Å². The van der Waals surface area contributed by atoms with Gasteiger partial charge in [-0.25, -0.2) is 0 Å². The fourth-order valence-electron chi connectivity index (χ4n) is 12.2. The predicted octanol–water partition coefficient (Wildman–Crippen LogP) is 10.3. The van der Waals surface area contributed by atoms with Crippen LogP contribution in [0.15, 0.2) is 158 Å². The average Bonchev–Trinajstić information content (AvgIpc) is 3.81. The molecule has 0 unspecified atom stereocenters. The second-order valence-corrected chi connectivity index (χ2v) is 18.7. The summed E-state index contributed by atoms with van der Waals surface area (Å²) in [4.78, 5) is 0. The molecule has 6 heterocycles. The Bertz CT molecular complexity index is 3960. The van der Waals surface area contributed by atoms with Gasteiger partial charge in [-0.15, -0.1) is 0 Å². The number of ether oxygens (including phenoxy) is 2. The van der Waals surface area contributed by atoms with E-state index in [2.05, 4.69) is 195 Å². The van der Waals surface area contributed by atoms with E-state index in [4.69, 9.17) is 9.47 Å². The van der Waals surface area contributed by atoms with E-state index < -0.39 is 0 Å². The average molecular weight is 817 g/mol. The molecule has 4 aliphatic rings. The molecule has 11 aromatic rings. The SMILES string of the molecule is Cc1ccc2c(c1)c1cc(C)cc3c1n2-c1cc(-c2ccccc2)cc2c1B3c1cc3c(cc1O2)Oc1cc(-c2ccccc2)cc2c1B3c1c(C)ccc3c4cc(C)ccc4n-2c13. The molecule has 0 saturated heterocycles. The summed E-state index contributed by atoms with van der Waals surface area (Å²) in [6.07, 6.45) is 0. The van der Waals surface area contributed by atoms with Gasteiger partial charge in [0.15, 0.2) is 0 Å². The first-order chi connectivity index (χ1) is 31.4. The van der Waals surface area contributed by atoms with Crippen LogP contribution in [0.3, 0.4) is 0 Å². The number of hydrogen-bond acceptors (Lipinski definition) is 2. The van der Waals surface area contributed by atoms with E-state index in [1.165, 1.54) is 110 Å². The molecule has 0 atom stereocenters. The normalized spacial score (nSPS) is 13.5. The fourth-order valence-corrected chi connectivity index (χ4v) is 12.2. The third kappa shape index (κ3) is 4.40. The fraction of sp³-hybridized carbons (Fsp3) is 0.0690. The first-order valence-electron chi connectivity index (χ1n) is 22.5. The van der Waals surface area contributed by atoms with Crippen molar-refractivity contribution in [3.63, 3.8) is 0 Å². The van der Waals surface area contributed by atoms with Crippen LogP contribution in [-0.4, -0.2) is 22.6 Å². The Morgan fingerprint density at radius 1 is 0.359 bits per heavy atom. The minimum absolute atomic E-state index is 0.0534. The zero-order valence-electron chi connectivity index (χ0n) is 35.9. The molecule has 6 heteroatoms. The zero-order chi connectivity index (χ0) is 42.3. The maximum atomic E-state index is 7.29. The van der Waals surface area contributed by atoms with Crippen LogP contribution < -0.4 is 42.3 Å². The highest BCUT2D eigenvalue weighted by Crippen LogP contribution is 2.44. The van der Waals surface area contributed by atoms with Gasteiger partial charge in [0, 0.05) is 50.0 Å². The largest absolute Gasteiger partial charge is 0.458 e. The minimum atomic E-state index is -0.0552. The number of fused-ring (bicyclic) bond motifs is 14. The molecule has 9 aromatic carbocycles. The van der Waals surface area contributed by atoms with Crippen molar-refractivity contribution in [2.45, 2.75) is 27.7 Å². The molecular weight excluding hydrogens is 778 g/mol. The Morgan fingerprint density at radius 2 is 0.906 bits per heavy atom. The smallest absolute Gasteiger partial charge is 0.256 e. The van der Waals surface area contributed by atoms with Gasteiger partial charge in [0.25, 0.3) is 13.4 Å². The first kappa shape index (κ1) is 34.8. The number of aromatic nitrogens is 2. The van der Waals surface area contributed by atoms with Crippen molar-refractivity contribution in [1.29, 1.82) is 0 Å². The van der Waals surface area contributed by atoms with Crippen LogP contribution in [-0.2, 0) is 0 Å². The number of aryl methyl sites for hydroxylation is 4. The Morgan fingerprint density at radius 3 is 1.53 bits per heavy atom. The van der Waals surface area contributed by atoms with Gasteiger partial charge in [-0.1, -0.05) is 119 Å². The molecule has 0 amide bonds.